The van der Waals surface area contributed by atoms with E-state index >= 15 is 0 Å². The number of hydrogen-bond donors (Lipinski definition) is 2. The van der Waals surface area contributed by atoms with Gasteiger partial charge in [0.1, 0.15) is 5.82 Å². The molecule has 0 aliphatic carbocycles. The molecule has 0 aliphatic heterocycles. The van der Waals surface area contributed by atoms with Crippen molar-refractivity contribution in [2.24, 2.45) is 17.8 Å². The molecule has 0 unspecified atom stereocenters. The average molecular weight is 296 g/mol. The Morgan fingerprint density at radius 3 is 2.33 bits per heavy atom. The predicted molar refractivity (Wildman–Crippen MR) is 83.8 cm³/mol. The van der Waals surface area contributed by atoms with Crippen molar-refractivity contribution in [3.63, 3.8) is 0 Å². The van der Waals surface area contributed by atoms with Crippen LogP contribution in [0.5, 0.6) is 0 Å². The number of nitrogen functional groups attached to an aromatic ring is 1. The van der Waals surface area contributed by atoms with Crippen LogP contribution in [0.3, 0.4) is 0 Å². The molecule has 21 heavy (non-hydrogen) atoms. The lowest BCUT2D eigenvalue weighted by Crippen LogP contribution is -2.25. The van der Waals surface area contributed by atoms with Crippen LogP contribution < -0.4 is 11.1 Å². The van der Waals surface area contributed by atoms with Gasteiger partial charge in [-0.2, -0.15) is 0 Å². The summed E-state index contributed by atoms with van der Waals surface area (Å²) in [5.41, 5.74) is 6.18. The van der Waals surface area contributed by atoms with Gasteiger partial charge in [-0.25, -0.2) is 9.18 Å². The molecule has 4 nitrogen and oxygen atoms in total. The Morgan fingerprint density at radius 2 is 1.86 bits per heavy atom. The summed E-state index contributed by atoms with van der Waals surface area (Å²) < 4.78 is 18.6. The highest BCUT2D eigenvalue weighted by molar-refractivity contribution is 5.96. The van der Waals surface area contributed by atoms with Crippen molar-refractivity contribution >= 4 is 17.3 Å². The average Bonchev–Trinajstić information content (AvgIpc) is 2.39. The molecule has 0 amide bonds. The summed E-state index contributed by atoms with van der Waals surface area (Å²) in [5, 5.41) is 3.08. The molecule has 0 saturated heterocycles. The van der Waals surface area contributed by atoms with Crippen molar-refractivity contribution in [3.8, 4) is 0 Å². The molecule has 0 bridgehead atoms. The van der Waals surface area contributed by atoms with E-state index in [1.807, 2.05) is 0 Å². The Balaban J connectivity index is 2.95. The van der Waals surface area contributed by atoms with Crippen LogP contribution in [0.15, 0.2) is 12.1 Å². The molecule has 0 radical (unpaired) electrons. The van der Waals surface area contributed by atoms with E-state index in [0.717, 1.165) is 6.07 Å². The number of benzene rings is 1. The van der Waals surface area contributed by atoms with Gasteiger partial charge in [0, 0.05) is 12.2 Å². The number of nitrogens with one attached hydrogen (secondary N) is 1. The zero-order valence-corrected chi connectivity index (χ0v) is 13.4. The SMILES string of the molecule is COC(=O)c1cc(NCC(C(C)C)C(C)C)c(F)cc1N. The van der Waals surface area contributed by atoms with Gasteiger partial charge in [0.2, 0.25) is 0 Å². The van der Waals surface area contributed by atoms with Crippen LogP contribution in [0.2, 0.25) is 0 Å². The van der Waals surface area contributed by atoms with E-state index in [1.54, 1.807) is 0 Å². The van der Waals surface area contributed by atoms with E-state index in [0.29, 0.717) is 24.3 Å². The Hall–Kier alpha value is -1.78. The zero-order chi connectivity index (χ0) is 16.2. The lowest BCUT2D eigenvalue weighted by atomic mass is 9.85. The largest absolute Gasteiger partial charge is 0.465 e. The van der Waals surface area contributed by atoms with Gasteiger partial charge < -0.3 is 15.8 Å². The van der Waals surface area contributed by atoms with Gasteiger partial charge in [0.05, 0.1) is 18.4 Å². The minimum Gasteiger partial charge on any atom is -0.465 e. The van der Waals surface area contributed by atoms with Crippen molar-refractivity contribution in [1.82, 2.24) is 0 Å². The van der Waals surface area contributed by atoms with Crippen LogP contribution in [0.4, 0.5) is 15.8 Å². The molecule has 0 heterocycles. The molecule has 0 aromatic heterocycles. The van der Waals surface area contributed by atoms with Crippen LogP contribution >= 0.6 is 0 Å². The summed E-state index contributed by atoms with van der Waals surface area (Å²) in [6.45, 7) is 9.21. The van der Waals surface area contributed by atoms with E-state index in [1.165, 1.54) is 13.2 Å². The minimum absolute atomic E-state index is 0.0779. The molecule has 0 fully saturated rings. The van der Waals surface area contributed by atoms with Crippen molar-refractivity contribution in [3.05, 3.63) is 23.5 Å². The van der Waals surface area contributed by atoms with E-state index < -0.39 is 11.8 Å². The van der Waals surface area contributed by atoms with Gasteiger partial charge in [0.15, 0.2) is 0 Å². The fraction of sp³-hybridized carbons (Fsp3) is 0.562. The van der Waals surface area contributed by atoms with E-state index in [-0.39, 0.29) is 16.9 Å². The Kier molecular flexibility index (Phi) is 6.00. The lowest BCUT2D eigenvalue weighted by molar-refractivity contribution is 0.0602. The standard InChI is InChI=1S/C16H25FN2O2/c1-9(2)12(10(3)4)8-19-15-6-11(16(20)21-5)14(18)7-13(15)17/h6-7,9-10,12,19H,8,18H2,1-5H3. The van der Waals surface area contributed by atoms with Gasteiger partial charge in [-0.3, -0.25) is 0 Å². The van der Waals surface area contributed by atoms with E-state index in [4.69, 9.17) is 5.73 Å². The van der Waals surface area contributed by atoms with Gasteiger partial charge in [-0.05, 0) is 29.9 Å². The normalized spacial score (nSPS) is 11.3. The lowest BCUT2D eigenvalue weighted by Gasteiger charge is -2.25. The van der Waals surface area contributed by atoms with Crippen LogP contribution in [0, 0.1) is 23.6 Å². The number of rotatable bonds is 6. The van der Waals surface area contributed by atoms with Crippen molar-refractivity contribution < 1.29 is 13.9 Å². The summed E-state index contributed by atoms with van der Waals surface area (Å²) >= 11 is 0. The first-order chi connectivity index (χ1) is 9.77. The Morgan fingerprint density at radius 1 is 1.29 bits per heavy atom. The molecule has 0 atom stereocenters. The van der Waals surface area contributed by atoms with Gasteiger partial charge in [0.25, 0.3) is 0 Å². The summed E-state index contributed by atoms with van der Waals surface area (Å²) in [6.07, 6.45) is 0. The quantitative estimate of drug-likeness (QED) is 0.622. The van der Waals surface area contributed by atoms with Crippen LogP contribution in [0.1, 0.15) is 38.1 Å². The molecule has 0 aliphatic rings. The first-order valence-corrected chi connectivity index (χ1v) is 7.19. The summed E-state index contributed by atoms with van der Waals surface area (Å²) in [6, 6.07) is 2.56. The zero-order valence-electron chi connectivity index (χ0n) is 13.4. The van der Waals surface area contributed by atoms with E-state index in [2.05, 4.69) is 37.7 Å². The van der Waals surface area contributed by atoms with Crippen LogP contribution in [-0.4, -0.2) is 19.6 Å². The smallest absolute Gasteiger partial charge is 0.340 e. The molecule has 118 valence electrons. The summed E-state index contributed by atoms with van der Waals surface area (Å²) in [4.78, 5) is 11.6. The van der Waals surface area contributed by atoms with Crippen molar-refractivity contribution in [2.45, 2.75) is 27.7 Å². The second-order valence-corrected chi connectivity index (χ2v) is 5.94. The van der Waals surface area contributed by atoms with Gasteiger partial charge in [-0.15, -0.1) is 0 Å². The fourth-order valence-corrected chi connectivity index (χ4v) is 2.48. The maximum absolute atomic E-state index is 14.0. The van der Waals surface area contributed by atoms with Crippen LogP contribution in [-0.2, 0) is 4.74 Å². The van der Waals surface area contributed by atoms with E-state index in [9.17, 15) is 9.18 Å². The number of carbonyl (C=O) groups excluding carboxylic acids is 1. The third-order valence-electron chi connectivity index (χ3n) is 3.79. The van der Waals surface area contributed by atoms with Crippen molar-refractivity contribution in [2.75, 3.05) is 24.7 Å². The van der Waals surface area contributed by atoms with Crippen molar-refractivity contribution in [1.29, 1.82) is 0 Å². The van der Waals surface area contributed by atoms with Gasteiger partial charge in [-0.1, -0.05) is 27.7 Å². The molecule has 0 spiro atoms. The Bertz CT molecular complexity index is 493. The first-order valence-electron chi connectivity index (χ1n) is 7.19. The fourth-order valence-electron chi connectivity index (χ4n) is 2.48. The maximum atomic E-state index is 14.0. The topological polar surface area (TPSA) is 64.3 Å². The molecule has 5 heteroatoms. The highest BCUT2D eigenvalue weighted by Gasteiger charge is 2.19. The summed E-state index contributed by atoms with van der Waals surface area (Å²) in [5.74, 6) is 0.332. The maximum Gasteiger partial charge on any atom is 0.340 e. The molecule has 1 rings (SSSR count). The number of hydrogen-bond acceptors (Lipinski definition) is 4. The number of halogens is 1. The molecular formula is C16H25FN2O2. The summed E-state index contributed by atoms with van der Waals surface area (Å²) in [7, 11) is 1.27. The van der Waals surface area contributed by atoms with Crippen LogP contribution in [0.25, 0.3) is 0 Å². The molecule has 0 saturated carbocycles. The highest BCUT2D eigenvalue weighted by Crippen LogP contribution is 2.25. The number of methoxy groups -OCH3 is 1. The number of esters is 1. The molecule has 1 aromatic carbocycles. The number of anilines is 2. The monoisotopic (exact) mass is 296 g/mol. The number of nitrogens with two attached hydrogens (primary N) is 1. The first kappa shape index (κ1) is 17.3. The Labute approximate surface area is 125 Å². The highest BCUT2D eigenvalue weighted by atomic mass is 19.1. The predicted octanol–water partition coefficient (Wildman–Crippen LogP) is 3.53. The molecule has 1 aromatic rings. The second-order valence-electron chi connectivity index (χ2n) is 5.94. The molecule has 3 N–H and O–H groups in total. The third-order valence-corrected chi connectivity index (χ3v) is 3.79. The third kappa shape index (κ3) is 4.34. The number of carbonyl (C=O) groups is 1. The second kappa shape index (κ2) is 7.29. The molecular weight excluding hydrogens is 271 g/mol. The van der Waals surface area contributed by atoms with Gasteiger partial charge >= 0.3 is 5.97 Å². The number of ether oxygens (including phenoxy) is 1. The minimum atomic E-state index is -0.570.